The van der Waals surface area contributed by atoms with Gasteiger partial charge in [0.1, 0.15) is 12.4 Å². The lowest BCUT2D eigenvalue weighted by molar-refractivity contribution is 0.0950. The minimum atomic E-state index is -0.311. The standard InChI is InChI=1S/C28H24N2O2/c1-21(23-16-18-25(19-17-23)24-12-6-3-7-13-24)29-30-28(31)26-14-8-9-15-27(26)32-20-22-10-4-2-5-11-22/h2-19H,20H2,1H3,(H,30,31). The molecular formula is C28H24N2O2. The van der Waals surface area contributed by atoms with Crippen molar-refractivity contribution >= 4 is 11.6 Å². The number of hydrogen-bond donors (Lipinski definition) is 1. The van der Waals surface area contributed by atoms with E-state index in [4.69, 9.17) is 4.74 Å². The van der Waals surface area contributed by atoms with Crippen LogP contribution in [-0.2, 0) is 6.61 Å². The van der Waals surface area contributed by atoms with Crippen molar-refractivity contribution in [2.75, 3.05) is 0 Å². The maximum absolute atomic E-state index is 12.8. The maximum atomic E-state index is 12.8. The van der Waals surface area contributed by atoms with E-state index < -0.39 is 0 Å². The molecule has 0 unspecified atom stereocenters. The molecule has 4 rings (SSSR count). The normalized spacial score (nSPS) is 11.1. The van der Waals surface area contributed by atoms with Crippen molar-refractivity contribution in [2.24, 2.45) is 5.10 Å². The summed E-state index contributed by atoms with van der Waals surface area (Å²) >= 11 is 0. The second-order valence-corrected chi connectivity index (χ2v) is 7.35. The number of carbonyl (C=O) groups excluding carboxylic acids is 1. The molecule has 158 valence electrons. The van der Waals surface area contributed by atoms with Crippen molar-refractivity contribution in [1.82, 2.24) is 5.43 Å². The Hall–Kier alpha value is -4.18. The van der Waals surface area contributed by atoms with Crippen LogP contribution in [-0.4, -0.2) is 11.6 Å². The highest BCUT2D eigenvalue weighted by molar-refractivity contribution is 6.01. The fourth-order valence-electron chi connectivity index (χ4n) is 3.31. The van der Waals surface area contributed by atoms with Gasteiger partial charge >= 0.3 is 0 Å². The van der Waals surface area contributed by atoms with Gasteiger partial charge in [-0.25, -0.2) is 5.43 Å². The average molecular weight is 421 g/mol. The van der Waals surface area contributed by atoms with Crippen LogP contribution in [0, 0.1) is 0 Å². The monoisotopic (exact) mass is 420 g/mol. The number of ether oxygens (including phenoxy) is 1. The lowest BCUT2D eigenvalue weighted by Crippen LogP contribution is -2.20. The molecule has 0 atom stereocenters. The number of hydrazone groups is 1. The maximum Gasteiger partial charge on any atom is 0.275 e. The number of nitrogens with zero attached hydrogens (tertiary/aromatic N) is 1. The Balaban J connectivity index is 1.42. The van der Waals surface area contributed by atoms with Gasteiger partial charge in [0.2, 0.25) is 0 Å². The zero-order valence-electron chi connectivity index (χ0n) is 17.9. The third kappa shape index (κ3) is 5.29. The van der Waals surface area contributed by atoms with Gasteiger partial charge in [-0.05, 0) is 41.3 Å². The molecule has 0 fully saturated rings. The largest absolute Gasteiger partial charge is 0.488 e. The molecule has 1 N–H and O–H groups in total. The number of hydrogen-bond acceptors (Lipinski definition) is 3. The summed E-state index contributed by atoms with van der Waals surface area (Å²) in [6.45, 7) is 2.26. The summed E-state index contributed by atoms with van der Waals surface area (Å²) in [5.41, 5.74) is 8.09. The van der Waals surface area contributed by atoms with Crippen LogP contribution >= 0.6 is 0 Å². The summed E-state index contributed by atoms with van der Waals surface area (Å²) in [4.78, 5) is 12.8. The van der Waals surface area contributed by atoms with E-state index >= 15 is 0 Å². The zero-order chi connectivity index (χ0) is 22.2. The SMILES string of the molecule is CC(=NNC(=O)c1ccccc1OCc1ccccc1)c1ccc(-c2ccccc2)cc1. The summed E-state index contributed by atoms with van der Waals surface area (Å²) < 4.78 is 5.88. The molecule has 0 aromatic heterocycles. The van der Waals surface area contributed by atoms with Crippen molar-refractivity contribution in [3.63, 3.8) is 0 Å². The molecule has 0 heterocycles. The minimum absolute atomic E-state index is 0.311. The number of nitrogens with one attached hydrogen (secondary N) is 1. The fraction of sp³-hybridized carbons (Fsp3) is 0.0714. The van der Waals surface area contributed by atoms with E-state index in [2.05, 4.69) is 34.8 Å². The molecule has 4 heteroatoms. The number of amides is 1. The van der Waals surface area contributed by atoms with Crippen molar-refractivity contribution < 1.29 is 9.53 Å². The van der Waals surface area contributed by atoms with Crippen LogP contribution in [0.2, 0.25) is 0 Å². The van der Waals surface area contributed by atoms with Crippen molar-refractivity contribution in [3.8, 4) is 16.9 Å². The second-order valence-electron chi connectivity index (χ2n) is 7.35. The smallest absolute Gasteiger partial charge is 0.275 e. The predicted octanol–water partition coefficient (Wildman–Crippen LogP) is 6.09. The van der Waals surface area contributed by atoms with Crippen molar-refractivity contribution in [1.29, 1.82) is 0 Å². The van der Waals surface area contributed by atoms with Crippen LogP contribution in [0.3, 0.4) is 0 Å². The van der Waals surface area contributed by atoms with Gasteiger partial charge in [0.15, 0.2) is 0 Å². The highest BCUT2D eigenvalue weighted by atomic mass is 16.5. The van der Waals surface area contributed by atoms with Gasteiger partial charge in [-0.3, -0.25) is 4.79 Å². The molecule has 4 nitrogen and oxygen atoms in total. The van der Waals surface area contributed by atoms with Crippen molar-refractivity contribution in [2.45, 2.75) is 13.5 Å². The Labute approximate surface area is 188 Å². The number of carbonyl (C=O) groups is 1. The molecule has 0 bridgehead atoms. The van der Waals surface area contributed by atoms with Gasteiger partial charge in [-0.15, -0.1) is 0 Å². The molecule has 32 heavy (non-hydrogen) atoms. The number of para-hydroxylation sites is 1. The first kappa shape index (κ1) is 21.1. The van der Waals surface area contributed by atoms with Crippen LogP contribution in [0.25, 0.3) is 11.1 Å². The minimum Gasteiger partial charge on any atom is -0.488 e. The molecule has 4 aromatic rings. The van der Waals surface area contributed by atoms with Gasteiger partial charge in [0.25, 0.3) is 5.91 Å². The summed E-state index contributed by atoms with van der Waals surface area (Å²) in [7, 11) is 0. The van der Waals surface area contributed by atoms with E-state index in [0.717, 1.165) is 28.0 Å². The summed E-state index contributed by atoms with van der Waals surface area (Å²) in [6.07, 6.45) is 0. The van der Waals surface area contributed by atoms with E-state index in [-0.39, 0.29) is 5.91 Å². The third-order valence-electron chi connectivity index (χ3n) is 5.10. The average Bonchev–Trinajstić information content (AvgIpc) is 2.87. The molecule has 0 saturated carbocycles. The lowest BCUT2D eigenvalue weighted by atomic mass is 10.0. The van der Waals surface area contributed by atoms with Crippen LogP contribution in [0.1, 0.15) is 28.4 Å². The number of benzene rings is 4. The highest BCUT2D eigenvalue weighted by Gasteiger charge is 2.12. The Morgan fingerprint density at radius 3 is 2.06 bits per heavy atom. The van der Waals surface area contributed by atoms with Crippen LogP contribution in [0.15, 0.2) is 114 Å². The molecular weight excluding hydrogens is 396 g/mol. The van der Waals surface area contributed by atoms with Gasteiger partial charge < -0.3 is 4.74 Å². The van der Waals surface area contributed by atoms with E-state index in [0.29, 0.717) is 17.9 Å². The zero-order valence-corrected chi connectivity index (χ0v) is 17.9. The third-order valence-corrected chi connectivity index (χ3v) is 5.10. The molecule has 0 saturated heterocycles. The van der Waals surface area contributed by atoms with Crippen LogP contribution < -0.4 is 10.2 Å². The summed E-state index contributed by atoms with van der Waals surface area (Å²) in [5.74, 6) is 0.211. The van der Waals surface area contributed by atoms with Gasteiger partial charge in [-0.1, -0.05) is 97.1 Å². The first-order valence-electron chi connectivity index (χ1n) is 10.5. The van der Waals surface area contributed by atoms with E-state index in [9.17, 15) is 4.79 Å². The molecule has 0 spiro atoms. The summed E-state index contributed by atoms with van der Waals surface area (Å²) in [5, 5.41) is 4.29. The number of rotatable bonds is 7. The molecule has 0 aliphatic carbocycles. The predicted molar refractivity (Wildman–Crippen MR) is 129 cm³/mol. The van der Waals surface area contributed by atoms with E-state index in [1.54, 1.807) is 12.1 Å². The first-order valence-corrected chi connectivity index (χ1v) is 10.5. The Kier molecular flexibility index (Phi) is 6.73. The molecule has 0 radical (unpaired) electrons. The Morgan fingerprint density at radius 1 is 0.750 bits per heavy atom. The highest BCUT2D eigenvalue weighted by Crippen LogP contribution is 2.21. The molecule has 1 amide bonds. The van der Waals surface area contributed by atoms with Crippen LogP contribution in [0.5, 0.6) is 5.75 Å². The molecule has 4 aromatic carbocycles. The van der Waals surface area contributed by atoms with E-state index in [1.807, 2.05) is 79.7 Å². The lowest BCUT2D eigenvalue weighted by Gasteiger charge is -2.11. The molecule has 0 aliphatic heterocycles. The van der Waals surface area contributed by atoms with Crippen molar-refractivity contribution in [3.05, 3.63) is 126 Å². The van der Waals surface area contributed by atoms with Gasteiger partial charge in [0.05, 0.1) is 11.3 Å². The quantitative estimate of drug-likeness (QED) is 0.291. The topological polar surface area (TPSA) is 50.7 Å². The van der Waals surface area contributed by atoms with Gasteiger partial charge in [-0.2, -0.15) is 5.10 Å². The Morgan fingerprint density at radius 2 is 1.34 bits per heavy atom. The van der Waals surface area contributed by atoms with Gasteiger partial charge in [0, 0.05) is 0 Å². The van der Waals surface area contributed by atoms with E-state index in [1.165, 1.54) is 0 Å². The fourth-order valence-corrected chi connectivity index (χ4v) is 3.31. The second kappa shape index (κ2) is 10.2. The first-order chi connectivity index (χ1) is 15.7. The van der Waals surface area contributed by atoms with Crippen LogP contribution in [0.4, 0.5) is 0 Å². The Bertz CT molecular complexity index is 1200. The molecule has 0 aliphatic rings. The summed E-state index contributed by atoms with van der Waals surface area (Å²) in [6, 6.07) is 35.3.